The van der Waals surface area contributed by atoms with E-state index in [1.807, 2.05) is 0 Å². The van der Waals surface area contributed by atoms with E-state index in [1.165, 1.54) is 12.1 Å². The lowest BCUT2D eigenvalue weighted by Gasteiger charge is -2.18. The maximum atomic E-state index is 11.9. The molecule has 0 unspecified atom stereocenters. The second-order valence-corrected chi connectivity index (χ2v) is 5.33. The molecule has 20 heavy (non-hydrogen) atoms. The van der Waals surface area contributed by atoms with Crippen molar-refractivity contribution in [2.75, 3.05) is 0 Å². The van der Waals surface area contributed by atoms with E-state index in [9.17, 15) is 15.3 Å². The second-order valence-electron chi connectivity index (χ2n) is 5.33. The Bertz CT molecular complexity index is 570. The number of nitrogens with zero attached hydrogens (tertiary/aromatic N) is 2. The predicted octanol–water partition coefficient (Wildman–Crippen LogP) is 3.11. The van der Waals surface area contributed by atoms with Crippen molar-refractivity contribution in [3.8, 4) is 0 Å². The molecule has 1 saturated carbocycles. The van der Waals surface area contributed by atoms with E-state index in [4.69, 9.17) is 4.84 Å². The SMILES string of the molecule is O=[N+]([O-])c1cccc([C@@H]2O[N+]([O-])=C3CCCCC[C@@H]32)c1. The maximum absolute atomic E-state index is 11.9. The maximum Gasteiger partial charge on any atom is 0.269 e. The zero-order valence-corrected chi connectivity index (χ0v) is 11.0. The first-order valence-corrected chi connectivity index (χ1v) is 6.91. The van der Waals surface area contributed by atoms with E-state index in [-0.39, 0.29) is 17.7 Å². The van der Waals surface area contributed by atoms with Crippen molar-refractivity contribution in [3.63, 3.8) is 0 Å². The first-order valence-electron chi connectivity index (χ1n) is 6.91. The minimum absolute atomic E-state index is 0.0330. The second kappa shape index (κ2) is 5.11. The fraction of sp³-hybridized carbons (Fsp3) is 0.500. The molecule has 6 nitrogen and oxygen atoms in total. The predicted molar refractivity (Wildman–Crippen MR) is 72.1 cm³/mol. The number of benzene rings is 1. The van der Waals surface area contributed by atoms with Crippen molar-refractivity contribution in [3.05, 3.63) is 45.2 Å². The van der Waals surface area contributed by atoms with Gasteiger partial charge in [0.25, 0.3) is 5.69 Å². The Morgan fingerprint density at radius 1 is 1.30 bits per heavy atom. The van der Waals surface area contributed by atoms with Crippen molar-refractivity contribution >= 4 is 11.4 Å². The van der Waals surface area contributed by atoms with Crippen molar-refractivity contribution in [2.45, 2.75) is 38.2 Å². The van der Waals surface area contributed by atoms with Crippen LogP contribution in [0.4, 0.5) is 5.69 Å². The minimum atomic E-state index is -0.425. The lowest BCUT2D eigenvalue weighted by molar-refractivity contribution is -0.743. The Hall–Kier alpha value is -2.11. The zero-order chi connectivity index (χ0) is 14.1. The first-order chi connectivity index (χ1) is 9.66. The summed E-state index contributed by atoms with van der Waals surface area (Å²) in [6, 6.07) is 6.39. The molecule has 0 bridgehead atoms. The summed E-state index contributed by atoms with van der Waals surface area (Å²) < 4.78 is 0. The van der Waals surface area contributed by atoms with Crippen LogP contribution in [0.3, 0.4) is 0 Å². The molecule has 1 aromatic carbocycles. The van der Waals surface area contributed by atoms with Crippen LogP contribution in [0.15, 0.2) is 24.3 Å². The highest BCUT2D eigenvalue weighted by Crippen LogP contribution is 2.39. The average molecular weight is 276 g/mol. The Morgan fingerprint density at radius 2 is 2.15 bits per heavy atom. The van der Waals surface area contributed by atoms with Gasteiger partial charge in [-0.25, -0.2) is 0 Å². The Balaban J connectivity index is 1.91. The summed E-state index contributed by atoms with van der Waals surface area (Å²) in [6.45, 7) is 0. The number of rotatable bonds is 2. The van der Waals surface area contributed by atoms with Gasteiger partial charge in [0.05, 0.1) is 10.8 Å². The van der Waals surface area contributed by atoms with Crippen LogP contribution in [0.1, 0.15) is 43.8 Å². The Kier molecular flexibility index (Phi) is 3.30. The average Bonchev–Trinajstić information content (AvgIpc) is 2.65. The molecular formula is C14H16N2O4. The van der Waals surface area contributed by atoms with Crippen LogP contribution < -0.4 is 0 Å². The third-order valence-electron chi connectivity index (χ3n) is 4.09. The van der Waals surface area contributed by atoms with Crippen LogP contribution in [0, 0.1) is 21.2 Å². The summed E-state index contributed by atoms with van der Waals surface area (Å²) in [6.07, 6.45) is 4.48. The molecule has 1 aliphatic carbocycles. The van der Waals surface area contributed by atoms with Crippen molar-refractivity contribution in [2.24, 2.45) is 5.92 Å². The molecule has 3 rings (SSSR count). The van der Waals surface area contributed by atoms with Gasteiger partial charge in [-0.3, -0.25) is 15.3 Å². The van der Waals surface area contributed by atoms with Gasteiger partial charge in [-0.05, 0) is 18.4 Å². The molecule has 6 heteroatoms. The van der Waals surface area contributed by atoms with Gasteiger partial charge in [0, 0.05) is 23.5 Å². The molecule has 1 aliphatic heterocycles. The third-order valence-corrected chi connectivity index (χ3v) is 4.09. The Morgan fingerprint density at radius 3 is 2.95 bits per heavy atom. The largest absolute Gasteiger partial charge is 0.394 e. The molecule has 1 heterocycles. The van der Waals surface area contributed by atoms with Gasteiger partial charge in [0.2, 0.25) is 5.71 Å². The van der Waals surface area contributed by atoms with Crippen molar-refractivity contribution < 1.29 is 14.7 Å². The van der Waals surface area contributed by atoms with Crippen LogP contribution in [0.2, 0.25) is 0 Å². The monoisotopic (exact) mass is 276 g/mol. The summed E-state index contributed by atoms with van der Waals surface area (Å²) in [5.74, 6) is 0.0528. The molecule has 2 atom stereocenters. The third kappa shape index (κ3) is 2.21. The lowest BCUT2D eigenvalue weighted by atomic mass is 9.88. The molecule has 0 saturated heterocycles. The summed E-state index contributed by atoms with van der Waals surface area (Å²) >= 11 is 0. The molecule has 106 valence electrons. The van der Waals surface area contributed by atoms with E-state index >= 15 is 0 Å². The number of hydrogen-bond donors (Lipinski definition) is 0. The van der Waals surface area contributed by atoms with E-state index in [0.29, 0.717) is 10.5 Å². The smallest absolute Gasteiger partial charge is 0.269 e. The molecular weight excluding hydrogens is 260 g/mol. The van der Waals surface area contributed by atoms with Gasteiger partial charge in [-0.1, -0.05) is 25.0 Å². The fourth-order valence-electron chi connectivity index (χ4n) is 3.10. The minimum Gasteiger partial charge on any atom is -0.394 e. The van der Waals surface area contributed by atoms with Crippen LogP contribution in [0.25, 0.3) is 0 Å². The number of hydrogen-bond acceptors (Lipinski definition) is 4. The van der Waals surface area contributed by atoms with Gasteiger partial charge in [-0.2, -0.15) is 0 Å². The van der Waals surface area contributed by atoms with Gasteiger partial charge in [0.1, 0.15) is 6.10 Å². The molecule has 0 spiro atoms. The first kappa shape index (κ1) is 12.9. The van der Waals surface area contributed by atoms with E-state index in [0.717, 1.165) is 37.8 Å². The van der Waals surface area contributed by atoms with E-state index < -0.39 is 4.92 Å². The number of non-ortho nitro benzene ring substituents is 1. The topological polar surface area (TPSA) is 78.4 Å². The zero-order valence-electron chi connectivity index (χ0n) is 11.0. The molecule has 1 aromatic rings. The molecule has 0 amide bonds. The highest BCUT2D eigenvalue weighted by molar-refractivity contribution is 5.83. The van der Waals surface area contributed by atoms with Gasteiger partial charge in [0.15, 0.2) is 0 Å². The van der Waals surface area contributed by atoms with Crippen LogP contribution in [-0.4, -0.2) is 15.5 Å². The molecule has 0 radical (unpaired) electrons. The normalized spacial score (nSPS) is 25.8. The fourth-order valence-corrected chi connectivity index (χ4v) is 3.10. The van der Waals surface area contributed by atoms with Gasteiger partial charge in [-0.15, -0.1) is 0 Å². The Labute approximate surface area is 116 Å². The van der Waals surface area contributed by atoms with Crippen LogP contribution in [-0.2, 0) is 4.84 Å². The summed E-state index contributed by atoms with van der Waals surface area (Å²) in [5, 5.41) is 22.7. The van der Waals surface area contributed by atoms with E-state index in [2.05, 4.69) is 0 Å². The number of nitro benzene ring substituents is 1. The summed E-state index contributed by atoms with van der Waals surface area (Å²) in [4.78, 5) is 16.5. The molecule has 0 N–H and O–H groups in total. The van der Waals surface area contributed by atoms with Crippen molar-refractivity contribution in [1.29, 1.82) is 0 Å². The van der Waals surface area contributed by atoms with Gasteiger partial charge < -0.3 is 4.84 Å². The van der Waals surface area contributed by atoms with Crippen LogP contribution in [0.5, 0.6) is 0 Å². The highest BCUT2D eigenvalue weighted by atomic mass is 16.9. The summed E-state index contributed by atoms with van der Waals surface area (Å²) in [7, 11) is 0. The molecule has 2 aliphatic rings. The molecule has 0 aromatic heterocycles. The highest BCUT2D eigenvalue weighted by Gasteiger charge is 2.41. The molecule has 1 fully saturated rings. The van der Waals surface area contributed by atoms with Crippen LogP contribution >= 0.6 is 0 Å². The number of nitro groups is 1. The quantitative estimate of drug-likeness (QED) is 0.472. The number of fused-ring (bicyclic) bond motifs is 1. The van der Waals surface area contributed by atoms with E-state index in [1.54, 1.807) is 12.1 Å². The lowest BCUT2D eigenvalue weighted by Crippen LogP contribution is -2.16. The summed E-state index contributed by atoms with van der Waals surface area (Å²) in [5.41, 5.74) is 1.53. The van der Waals surface area contributed by atoms with Crippen molar-refractivity contribution in [1.82, 2.24) is 0 Å². The van der Waals surface area contributed by atoms with Gasteiger partial charge >= 0.3 is 0 Å². The standard InChI is InChI=1S/C14H16N2O4/c17-15(18)11-6-4-5-10(9-11)14-12-7-2-1-3-8-13(12)16(19)20-14/h4-6,9,12,14H,1-3,7-8H2/t12-,14-/m0/s1.